The Balaban J connectivity index is 1.83. The van der Waals surface area contributed by atoms with E-state index in [0.717, 1.165) is 15.6 Å². The molecule has 118 valence electrons. The van der Waals surface area contributed by atoms with Crippen molar-refractivity contribution in [3.63, 3.8) is 0 Å². The Kier molecular flexibility index (Phi) is 4.93. The van der Waals surface area contributed by atoms with Gasteiger partial charge in [-0.1, -0.05) is 44.2 Å². The van der Waals surface area contributed by atoms with E-state index in [-0.39, 0.29) is 5.56 Å². The third-order valence-corrected chi connectivity index (χ3v) is 5.09. The monoisotopic (exact) mass is 343 g/mol. The molecule has 2 aromatic heterocycles. The Bertz CT molecular complexity index is 840. The van der Waals surface area contributed by atoms with Gasteiger partial charge in [0.15, 0.2) is 9.37 Å². The van der Waals surface area contributed by atoms with E-state index in [1.54, 1.807) is 17.0 Å². The number of rotatable bonds is 5. The summed E-state index contributed by atoms with van der Waals surface area (Å²) in [5.74, 6) is 0.414. The molecule has 3 aromatic rings. The van der Waals surface area contributed by atoms with Gasteiger partial charge in [-0.25, -0.2) is 9.97 Å². The quantitative estimate of drug-likeness (QED) is 0.697. The van der Waals surface area contributed by atoms with Crippen molar-refractivity contribution in [2.75, 3.05) is 0 Å². The number of hydrogen-bond acceptors (Lipinski definition) is 5. The molecule has 1 aromatic carbocycles. The summed E-state index contributed by atoms with van der Waals surface area (Å²) in [6, 6.07) is 10.0. The Morgan fingerprint density at radius 3 is 2.78 bits per heavy atom. The molecule has 0 aliphatic heterocycles. The van der Waals surface area contributed by atoms with Gasteiger partial charge in [0.25, 0.3) is 5.56 Å². The molecule has 0 amide bonds. The third kappa shape index (κ3) is 3.89. The molecule has 0 fully saturated rings. The zero-order chi connectivity index (χ0) is 16.2. The van der Waals surface area contributed by atoms with Gasteiger partial charge in [0.2, 0.25) is 0 Å². The van der Waals surface area contributed by atoms with E-state index in [1.807, 2.05) is 35.7 Å². The van der Waals surface area contributed by atoms with E-state index in [9.17, 15) is 4.79 Å². The molecule has 4 nitrogen and oxygen atoms in total. The molecule has 0 spiro atoms. The maximum Gasteiger partial charge on any atom is 0.283 e. The summed E-state index contributed by atoms with van der Waals surface area (Å²) in [5.41, 5.74) is 1.95. The highest BCUT2D eigenvalue weighted by Crippen LogP contribution is 2.30. The topological polar surface area (TPSA) is 47.8 Å². The van der Waals surface area contributed by atoms with Crippen LogP contribution in [0.3, 0.4) is 0 Å². The largest absolute Gasteiger partial charge is 0.311 e. The predicted molar refractivity (Wildman–Crippen MR) is 95.0 cm³/mol. The SMILES string of the molecule is CC(C)Cn1ccnc(Sc2nc(-c3ccccc3)cs2)c1=O. The molecule has 0 N–H and O–H groups in total. The molecule has 0 radical (unpaired) electrons. The Hall–Kier alpha value is -1.92. The molecule has 3 rings (SSSR count). The van der Waals surface area contributed by atoms with Crippen LogP contribution in [-0.2, 0) is 6.54 Å². The highest BCUT2D eigenvalue weighted by atomic mass is 32.2. The smallest absolute Gasteiger partial charge is 0.283 e. The normalized spacial score (nSPS) is 11.1. The summed E-state index contributed by atoms with van der Waals surface area (Å²) in [7, 11) is 0. The summed E-state index contributed by atoms with van der Waals surface area (Å²) in [5, 5.41) is 2.48. The standard InChI is InChI=1S/C17H17N3OS2/c1-12(2)10-20-9-8-18-15(16(20)21)23-17-19-14(11-22-17)13-6-4-3-5-7-13/h3-9,11-12H,10H2,1-2H3. The fourth-order valence-corrected chi connectivity index (χ4v) is 3.92. The van der Waals surface area contributed by atoms with Gasteiger partial charge in [0.1, 0.15) is 0 Å². The molecule has 0 saturated heterocycles. The fourth-order valence-electron chi connectivity index (χ4n) is 2.16. The van der Waals surface area contributed by atoms with Crippen LogP contribution in [0.4, 0.5) is 0 Å². The van der Waals surface area contributed by atoms with Gasteiger partial charge in [0, 0.05) is 29.9 Å². The molecule has 0 aliphatic rings. The summed E-state index contributed by atoms with van der Waals surface area (Å²) in [6.45, 7) is 4.88. The second kappa shape index (κ2) is 7.10. The van der Waals surface area contributed by atoms with Crippen LogP contribution in [0.2, 0.25) is 0 Å². The van der Waals surface area contributed by atoms with Crippen LogP contribution in [0.5, 0.6) is 0 Å². The molecule has 0 unspecified atom stereocenters. The fraction of sp³-hybridized carbons (Fsp3) is 0.235. The average molecular weight is 343 g/mol. The van der Waals surface area contributed by atoms with E-state index in [4.69, 9.17) is 0 Å². The molecule has 0 aliphatic carbocycles. The predicted octanol–water partition coefficient (Wildman–Crippen LogP) is 4.17. The van der Waals surface area contributed by atoms with Crippen LogP contribution >= 0.6 is 23.1 Å². The van der Waals surface area contributed by atoms with Gasteiger partial charge >= 0.3 is 0 Å². The highest BCUT2D eigenvalue weighted by Gasteiger charge is 2.11. The molecule has 2 heterocycles. The van der Waals surface area contributed by atoms with Gasteiger partial charge in [-0.2, -0.15) is 0 Å². The maximum atomic E-state index is 12.4. The van der Waals surface area contributed by atoms with Gasteiger partial charge in [-0.3, -0.25) is 4.79 Å². The van der Waals surface area contributed by atoms with Gasteiger partial charge in [-0.15, -0.1) is 11.3 Å². The Labute approximate surface area is 143 Å². The van der Waals surface area contributed by atoms with Crippen molar-refractivity contribution in [3.8, 4) is 11.3 Å². The van der Waals surface area contributed by atoms with E-state index >= 15 is 0 Å². The lowest BCUT2D eigenvalue weighted by Gasteiger charge is -2.08. The van der Waals surface area contributed by atoms with Gasteiger partial charge in [0.05, 0.1) is 5.69 Å². The molecule has 0 atom stereocenters. The van der Waals surface area contributed by atoms with E-state index in [0.29, 0.717) is 17.5 Å². The van der Waals surface area contributed by atoms with Crippen LogP contribution in [0.25, 0.3) is 11.3 Å². The lowest BCUT2D eigenvalue weighted by atomic mass is 10.2. The molecular weight excluding hydrogens is 326 g/mol. The summed E-state index contributed by atoms with van der Waals surface area (Å²) >= 11 is 2.87. The van der Waals surface area contributed by atoms with Crippen molar-refractivity contribution in [2.45, 2.75) is 29.8 Å². The zero-order valence-electron chi connectivity index (χ0n) is 13.0. The van der Waals surface area contributed by atoms with Gasteiger partial charge in [-0.05, 0) is 17.7 Å². The lowest BCUT2D eigenvalue weighted by Crippen LogP contribution is -2.23. The minimum Gasteiger partial charge on any atom is -0.311 e. The van der Waals surface area contributed by atoms with E-state index < -0.39 is 0 Å². The van der Waals surface area contributed by atoms with Gasteiger partial charge < -0.3 is 4.57 Å². The first kappa shape index (κ1) is 16.0. The van der Waals surface area contributed by atoms with Crippen molar-refractivity contribution >= 4 is 23.1 Å². The number of hydrogen-bond donors (Lipinski definition) is 0. The molecular formula is C17H17N3OS2. The summed E-state index contributed by atoms with van der Waals surface area (Å²) in [6.07, 6.45) is 3.42. The van der Waals surface area contributed by atoms with E-state index in [1.165, 1.54) is 23.1 Å². The number of aromatic nitrogens is 3. The second-order valence-corrected chi connectivity index (χ2v) is 7.64. The first-order valence-electron chi connectivity index (χ1n) is 7.37. The van der Waals surface area contributed by atoms with Crippen LogP contribution in [0, 0.1) is 5.92 Å². The average Bonchev–Trinajstić information content (AvgIpc) is 3.00. The Morgan fingerprint density at radius 2 is 2.04 bits per heavy atom. The zero-order valence-corrected chi connectivity index (χ0v) is 14.6. The second-order valence-electron chi connectivity index (χ2n) is 5.55. The van der Waals surface area contributed by atoms with Crippen molar-refractivity contribution in [1.29, 1.82) is 0 Å². The summed E-state index contributed by atoms with van der Waals surface area (Å²) < 4.78 is 2.54. The molecule has 6 heteroatoms. The lowest BCUT2D eigenvalue weighted by molar-refractivity contribution is 0.502. The van der Waals surface area contributed by atoms with E-state index in [2.05, 4.69) is 23.8 Å². The van der Waals surface area contributed by atoms with Crippen molar-refractivity contribution < 1.29 is 0 Å². The van der Waals surface area contributed by atoms with Crippen molar-refractivity contribution in [3.05, 3.63) is 58.5 Å². The number of benzene rings is 1. The molecule has 0 saturated carbocycles. The molecule has 0 bridgehead atoms. The first-order valence-corrected chi connectivity index (χ1v) is 9.07. The minimum absolute atomic E-state index is 0.0531. The highest BCUT2D eigenvalue weighted by molar-refractivity contribution is 8.00. The van der Waals surface area contributed by atoms with Crippen LogP contribution in [0.1, 0.15) is 13.8 Å². The van der Waals surface area contributed by atoms with Crippen LogP contribution in [-0.4, -0.2) is 14.5 Å². The van der Waals surface area contributed by atoms with Crippen LogP contribution in [0.15, 0.2) is 62.3 Å². The number of thiazole rings is 1. The number of nitrogens with zero attached hydrogens (tertiary/aromatic N) is 3. The minimum atomic E-state index is -0.0531. The summed E-state index contributed by atoms with van der Waals surface area (Å²) in [4.78, 5) is 21.3. The first-order chi connectivity index (χ1) is 11.1. The Morgan fingerprint density at radius 1 is 1.26 bits per heavy atom. The maximum absolute atomic E-state index is 12.4. The van der Waals surface area contributed by atoms with Crippen molar-refractivity contribution in [1.82, 2.24) is 14.5 Å². The molecule has 23 heavy (non-hydrogen) atoms. The third-order valence-electron chi connectivity index (χ3n) is 3.18. The van der Waals surface area contributed by atoms with Crippen molar-refractivity contribution in [2.24, 2.45) is 5.92 Å². The van der Waals surface area contributed by atoms with Crippen LogP contribution < -0.4 is 5.56 Å².